The quantitative estimate of drug-likeness (QED) is 0.844. The summed E-state index contributed by atoms with van der Waals surface area (Å²) in [6, 6.07) is 10.8. The third kappa shape index (κ3) is 3.20. The minimum Gasteiger partial charge on any atom is -0.310 e. The van der Waals surface area contributed by atoms with E-state index in [0.717, 1.165) is 12.2 Å². The Kier molecular flexibility index (Phi) is 4.53. The van der Waals surface area contributed by atoms with Gasteiger partial charge in [0, 0.05) is 24.3 Å². The summed E-state index contributed by atoms with van der Waals surface area (Å²) in [4.78, 5) is 0. The highest BCUT2D eigenvalue weighted by atomic mass is 15.3. The van der Waals surface area contributed by atoms with Crippen LogP contribution in [0.4, 0.5) is 0 Å². The third-order valence-electron chi connectivity index (χ3n) is 3.24. The highest BCUT2D eigenvalue weighted by Gasteiger charge is 2.04. The minimum atomic E-state index is 0.602. The first-order valence-electron chi connectivity index (χ1n) is 6.65. The number of rotatable bonds is 6. The van der Waals surface area contributed by atoms with Gasteiger partial charge in [0.15, 0.2) is 0 Å². The van der Waals surface area contributed by atoms with Gasteiger partial charge in [0.2, 0.25) is 0 Å². The first-order valence-corrected chi connectivity index (χ1v) is 6.65. The number of para-hydroxylation sites is 1. The third-order valence-corrected chi connectivity index (χ3v) is 3.24. The van der Waals surface area contributed by atoms with Crippen LogP contribution in [0.3, 0.4) is 0 Å². The SMILES string of the molecule is CCC(CC)NCc1cnn(-c2ccccc2)c1. The van der Waals surface area contributed by atoms with Crippen LogP contribution in [0.1, 0.15) is 32.3 Å². The van der Waals surface area contributed by atoms with Crippen molar-refractivity contribution < 1.29 is 0 Å². The van der Waals surface area contributed by atoms with E-state index < -0.39 is 0 Å². The van der Waals surface area contributed by atoms with Crippen molar-refractivity contribution in [2.45, 2.75) is 39.3 Å². The lowest BCUT2D eigenvalue weighted by Crippen LogP contribution is -2.26. The molecule has 1 heterocycles. The molecule has 0 aliphatic carbocycles. The molecule has 0 spiro atoms. The van der Waals surface area contributed by atoms with Crippen molar-refractivity contribution in [1.82, 2.24) is 15.1 Å². The van der Waals surface area contributed by atoms with E-state index in [9.17, 15) is 0 Å². The standard InChI is InChI=1S/C15H21N3/c1-3-14(4-2)16-10-13-11-17-18(12-13)15-8-6-5-7-9-15/h5-9,11-12,14,16H,3-4,10H2,1-2H3. The molecule has 2 aromatic rings. The summed E-state index contributed by atoms with van der Waals surface area (Å²) in [5.74, 6) is 0. The second kappa shape index (κ2) is 6.36. The Bertz CT molecular complexity index is 458. The zero-order valence-electron chi connectivity index (χ0n) is 11.1. The van der Waals surface area contributed by atoms with Crippen molar-refractivity contribution in [2.75, 3.05) is 0 Å². The van der Waals surface area contributed by atoms with Crippen molar-refractivity contribution in [2.24, 2.45) is 0 Å². The van der Waals surface area contributed by atoms with Gasteiger partial charge in [-0.3, -0.25) is 0 Å². The van der Waals surface area contributed by atoms with E-state index in [1.54, 1.807) is 0 Å². The molecular weight excluding hydrogens is 222 g/mol. The molecule has 0 saturated heterocycles. The van der Waals surface area contributed by atoms with E-state index in [2.05, 4.69) is 42.6 Å². The summed E-state index contributed by atoms with van der Waals surface area (Å²) in [7, 11) is 0. The highest BCUT2D eigenvalue weighted by molar-refractivity contribution is 5.30. The van der Waals surface area contributed by atoms with E-state index in [0.29, 0.717) is 6.04 Å². The summed E-state index contributed by atoms with van der Waals surface area (Å²) in [6.07, 6.45) is 6.36. The molecule has 1 N–H and O–H groups in total. The van der Waals surface area contributed by atoms with Crippen molar-refractivity contribution in [3.8, 4) is 5.69 Å². The first kappa shape index (κ1) is 12.8. The van der Waals surface area contributed by atoms with Crippen LogP contribution >= 0.6 is 0 Å². The van der Waals surface area contributed by atoms with Crippen LogP contribution < -0.4 is 5.32 Å². The first-order chi connectivity index (χ1) is 8.83. The lowest BCUT2D eigenvalue weighted by molar-refractivity contribution is 0.484. The number of aromatic nitrogens is 2. The maximum Gasteiger partial charge on any atom is 0.0645 e. The largest absolute Gasteiger partial charge is 0.310 e. The maximum atomic E-state index is 4.39. The smallest absolute Gasteiger partial charge is 0.0645 e. The Morgan fingerprint density at radius 2 is 1.89 bits per heavy atom. The maximum absolute atomic E-state index is 4.39. The van der Waals surface area contributed by atoms with Gasteiger partial charge in [-0.1, -0.05) is 32.0 Å². The fourth-order valence-electron chi connectivity index (χ4n) is 2.01. The van der Waals surface area contributed by atoms with Gasteiger partial charge in [-0.15, -0.1) is 0 Å². The molecule has 1 aromatic heterocycles. The van der Waals surface area contributed by atoms with Crippen molar-refractivity contribution in [3.05, 3.63) is 48.3 Å². The average molecular weight is 243 g/mol. The van der Waals surface area contributed by atoms with Crippen molar-refractivity contribution in [1.29, 1.82) is 0 Å². The molecule has 0 radical (unpaired) electrons. The van der Waals surface area contributed by atoms with Crippen molar-refractivity contribution in [3.63, 3.8) is 0 Å². The number of nitrogens with one attached hydrogen (secondary N) is 1. The van der Waals surface area contributed by atoms with Crippen LogP contribution in [0, 0.1) is 0 Å². The molecule has 18 heavy (non-hydrogen) atoms. The van der Waals surface area contributed by atoms with Crippen LogP contribution in [-0.2, 0) is 6.54 Å². The van der Waals surface area contributed by atoms with Gasteiger partial charge in [0.1, 0.15) is 0 Å². The van der Waals surface area contributed by atoms with E-state index in [1.807, 2.05) is 29.1 Å². The molecule has 3 heteroatoms. The van der Waals surface area contributed by atoms with Gasteiger partial charge >= 0.3 is 0 Å². The molecule has 0 aliphatic rings. The van der Waals surface area contributed by atoms with Gasteiger partial charge < -0.3 is 5.32 Å². The Labute approximate surface area is 109 Å². The topological polar surface area (TPSA) is 29.9 Å². The monoisotopic (exact) mass is 243 g/mol. The van der Waals surface area contributed by atoms with Crippen molar-refractivity contribution >= 4 is 0 Å². The fraction of sp³-hybridized carbons (Fsp3) is 0.400. The van der Waals surface area contributed by atoms with Crippen LogP contribution in [0.2, 0.25) is 0 Å². The van der Waals surface area contributed by atoms with Crippen LogP contribution in [0.5, 0.6) is 0 Å². The molecule has 96 valence electrons. The summed E-state index contributed by atoms with van der Waals surface area (Å²) >= 11 is 0. The highest BCUT2D eigenvalue weighted by Crippen LogP contribution is 2.08. The average Bonchev–Trinajstić information content (AvgIpc) is 2.90. The Morgan fingerprint density at radius 3 is 2.56 bits per heavy atom. The summed E-state index contributed by atoms with van der Waals surface area (Å²) in [6.45, 7) is 5.32. The Morgan fingerprint density at radius 1 is 1.17 bits per heavy atom. The van der Waals surface area contributed by atoms with Gasteiger partial charge in [0.05, 0.1) is 11.9 Å². The molecule has 0 saturated carbocycles. The number of nitrogens with zero attached hydrogens (tertiary/aromatic N) is 2. The summed E-state index contributed by atoms with van der Waals surface area (Å²) in [5, 5.41) is 7.94. The molecule has 0 atom stereocenters. The van der Waals surface area contributed by atoms with E-state index >= 15 is 0 Å². The molecule has 0 unspecified atom stereocenters. The molecule has 0 amide bonds. The number of hydrogen-bond donors (Lipinski definition) is 1. The number of benzene rings is 1. The van der Waals surface area contributed by atoms with E-state index in [1.165, 1.54) is 18.4 Å². The zero-order chi connectivity index (χ0) is 12.8. The van der Waals surface area contributed by atoms with Gasteiger partial charge in [-0.05, 0) is 25.0 Å². The minimum absolute atomic E-state index is 0.602. The summed E-state index contributed by atoms with van der Waals surface area (Å²) in [5.41, 5.74) is 2.33. The molecule has 0 fully saturated rings. The van der Waals surface area contributed by atoms with Crippen LogP contribution in [-0.4, -0.2) is 15.8 Å². The van der Waals surface area contributed by atoms with E-state index in [-0.39, 0.29) is 0 Å². The molecule has 1 aromatic carbocycles. The lowest BCUT2D eigenvalue weighted by Gasteiger charge is -2.13. The van der Waals surface area contributed by atoms with Gasteiger partial charge in [-0.25, -0.2) is 4.68 Å². The molecule has 2 rings (SSSR count). The summed E-state index contributed by atoms with van der Waals surface area (Å²) < 4.78 is 1.92. The Balaban J connectivity index is 1.98. The molecule has 0 bridgehead atoms. The molecular formula is C15H21N3. The second-order valence-corrected chi connectivity index (χ2v) is 4.52. The fourth-order valence-corrected chi connectivity index (χ4v) is 2.01. The van der Waals surface area contributed by atoms with Gasteiger partial charge in [-0.2, -0.15) is 5.10 Å². The lowest BCUT2D eigenvalue weighted by atomic mass is 10.1. The number of hydrogen-bond acceptors (Lipinski definition) is 2. The van der Waals surface area contributed by atoms with Crippen LogP contribution in [0.15, 0.2) is 42.7 Å². The van der Waals surface area contributed by atoms with E-state index in [4.69, 9.17) is 0 Å². The predicted octanol–water partition coefficient (Wildman–Crippen LogP) is 3.15. The van der Waals surface area contributed by atoms with Gasteiger partial charge in [0.25, 0.3) is 0 Å². The normalized spacial score (nSPS) is 11.1. The molecule has 0 aliphatic heterocycles. The predicted molar refractivity (Wildman–Crippen MR) is 74.8 cm³/mol. The zero-order valence-corrected chi connectivity index (χ0v) is 11.1. The van der Waals surface area contributed by atoms with Crippen LogP contribution in [0.25, 0.3) is 5.69 Å². The Hall–Kier alpha value is -1.61. The second-order valence-electron chi connectivity index (χ2n) is 4.52. The molecule has 3 nitrogen and oxygen atoms in total.